The van der Waals surface area contributed by atoms with E-state index in [-0.39, 0.29) is 12.5 Å². The van der Waals surface area contributed by atoms with Gasteiger partial charge in [0, 0.05) is 12.4 Å². The van der Waals surface area contributed by atoms with E-state index in [9.17, 15) is 9.59 Å². The minimum absolute atomic E-state index is 0.0940. The molecule has 0 saturated heterocycles. The maximum Gasteiger partial charge on any atom is 0.328 e. The number of nitrogens with one attached hydrogen (secondary N) is 1. The molecule has 0 saturated carbocycles. The Morgan fingerprint density at radius 3 is 2.88 bits per heavy atom. The van der Waals surface area contributed by atoms with Crippen molar-refractivity contribution in [2.75, 3.05) is 6.61 Å². The molecule has 0 bridgehead atoms. The van der Waals surface area contributed by atoms with Gasteiger partial charge in [0.15, 0.2) is 0 Å². The standard InChI is InChI=1S/C10H15N3O3/c1-3-16-10(15)8(2)12-9(14)7-13-6-4-5-11-13/h4-6,8H,3,7H2,1-2H3,(H,12,14). The van der Waals surface area contributed by atoms with E-state index >= 15 is 0 Å². The van der Waals surface area contributed by atoms with Gasteiger partial charge in [-0.2, -0.15) is 5.10 Å². The number of aromatic nitrogens is 2. The van der Waals surface area contributed by atoms with E-state index in [2.05, 4.69) is 10.4 Å². The molecule has 0 aliphatic carbocycles. The predicted octanol–water partition coefficient (Wildman–Crippen LogP) is -0.0491. The summed E-state index contributed by atoms with van der Waals surface area (Å²) in [6.45, 7) is 3.70. The molecule has 16 heavy (non-hydrogen) atoms. The fourth-order valence-electron chi connectivity index (χ4n) is 1.15. The quantitative estimate of drug-likeness (QED) is 0.713. The molecule has 1 N–H and O–H groups in total. The molecule has 0 aromatic carbocycles. The van der Waals surface area contributed by atoms with Gasteiger partial charge in [0.1, 0.15) is 12.6 Å². The van der Waals surface area contributed by atoms with Gasteiger partial charge in [0.2, 0.25) is 5.91 Å². The first kappa shape index (κ1) is 12.2. The number of esters is 1. The Labute approximate surface area is 93.6 Å². The Hall–Kier alpha value is -1.85. The Kier molecular flexibility index (Phi) is 4.50. The summed E-state index contributed by atoms with van der Waals surface area (Å²) in [6, 6.07) is 1.09. The summed E-state index contributed by atoms with van der Waals surface area (Å²) in [5.41, 5.74) is 0. The second kappa shape index (κ2) is 5.89. The zero-order valence-corrected chi connectivity index (χ0v) is 9.34. The zero-order chi connectivity index (χ0) is 12.0. The van der Waals surface area contributed by atoms with Crippen LogP contribution in [0.15, 0.2) is 18.5 Å². The highest BCUT2D eigenvalue weighted by atomic mass is 16.5. The van der Waals surface area contributed by atoms with Crippen LogP contribution in [0.4, 0.5) is 0 Å². The van der Waals surface area contributed by atoms with E-state index in [1.54, 1.807) is 32.3 Å². The van der Waals surface area contributed by atoms with Gasteiger partial charge in [-0.15, -0.1) is 0 Å². The molecule has 0 spiro atoms. The average molecular weight is 225 g/mol. The van der Waals surface area contributed by atoms with E-state index in [1.807, 2.05) is 0 Å². The fourth-order valence-corrected chi connectivity index (χ4v) is 1.15. The van der Waals surface area contributed by atoms with Crippen LogP contribution >= 0.6 is 0 Å². The first-order valence-electron chi connectivity index (χ1n) is 5.07. The second-order valence-electron chi connectivity index (χ2n) is 3.24. The van der Waals surface area contributed by atoms with Crippen molar-refractivity contribution in [1.29, 1.82) is 0 Å². The maximum absolute atomic E-state index is 11.4. The topological polar surface area (TPSA) is 73.2 Å². The van der Waals surface area contributed by atoms with E-state index in [4.69, 9.17) is 4.74 Å². The van der Waals surface area contributed by atoms with Gasteiger partial charge in [-0.3, -0.25) is 9.48 Å². The second-order valence-corrected chi connectivity index (χ2v) is 3.24. The molecule has 88 valence electrons. The van der Waals surface area contributed by atoms with Gasteiger partial charge in [-0.05, 0) is 19.9 Å². The predicted molar refractivity (Wildman–Crippen MR) is 56.5 cm³/mol. The number of hydrogen-bond donors (Lipinski definition) is 1. The fraction of sp³-hybridized carbons (Fsp3) is 0.500. The Morgan fingerprint density at radius 2 is 2.31 bits per heavy atom. The lowest BCUT2D eigenvalue weighted by Gasteiger charge is -2.12. The number of nitrogens with zero attached hydrogens (tertiary/aromatic N) is 2. The van der Waals surface area contributed by atoms with Gasteiger partial charge in [-0.1, -0.05) is 0 Å². The molecule has 1 rings (SSSR count). The van der Waals surface area contributed by atoms with E-state index in [0.29, 0.717) is 6.61 Å². The van der Waals surface area contributed by atoms with Crippen LogP contribution in [-0.2, 0) is 20.9 Å². The molecule has 1 aromatic rings. The lowest BCUT2D eigenvalue weighted by Crippen LogP contribution is -2.41. The van der Waals surface area contributed by atoms with E-state index in [0.717, 1.165) is 0 Å². The van der Waals surface area contributed by atoms with Crippen molar-refractivity contribution < 1.29 is 14.3 Å². The van der Waals surface area contributed by atoms with E-state index < -0.39 is 12.0 Å². The molecule has 1 unspecified atom stereocenters. The summed E-state index contributed by atoms with van der Waals surface area (Å²) < 4.78 is 6.24. The lowest BCUT2D eigenvalue weighted by atomic mass is 10.3. The average Bonchev–Trinajstić information content (AvgIpc) is 2.70. The van der Waals surface area contributed by atoms with Crippen LogP contribution in [0.1, 0.15) is 13.8 Å². The third kappa shape index (κ3) is 3.72. The maximum atomic E-state index is 11.4. The summed E-state index contributed by atoms with van der Waals surface area (Å²) in [4.78, 5) is 22.7. The monoisotopic (exact) mass is 225 g/mol. The largest absolute Gasteiger partial charge is 0.464 e. The highest BCUT2D eigenvalue weighted by molar-refractivity contribution is 5.83. The third-order valence-electron chi connectivity index (χ3n) is 1.88. The van der Waals surface area contributed by atoms with Crippen LogP contribution in [0.5, 0.6) is 0 Å². The van der Waals surface area contributed by atoms with Crippen LogP contribution in [0.3, 0.4) is 0 Å². The highest BCUT2D eigenvalue weighted by Crippen LogP contribution is 1.90. The normalized spacial score (nSPS) is 11.9. The van der Waals surface area contributed by atoms with Crippen LogP contribution in [0.25, 0.3) is 0 Å². The van der Waals surface area contributed by atoms with E-state index in [1.165, 1.54) is 4.68 Å². The summed E-state index contributed by atoms with van der Waals surface area (Å²) in [6.07, 6.45) is 3.26. The summed E-state index contributed by atoms with van der Waals surface area (Å²) in [7, 11) is 0. The highest BCUT2D eigenvalue weighted by Gasteiger charge is 2.16. The molecule has 0 fully saturated rings. The molecule has 6 nitrogen and oxygen atoms in total. The minimum Gasteiger partial charge on any atom is -0.464 e. The van der Waals surface area contributed by atoms with Crippen LogP contribution < -0.4 is 5.32 Å². The number of amides is 1. The van der Waals surface area contributed by atoms with Crippen molar-refractivity contribution in [1.82, 2.24) is 15.1 Å². The molecule has 0 aliphatic heterocycles. The van der Waals surface area contributed by atoms with Gasteiger partial charge in [0.05, 0.1) is 6.61 Å². The molecule has 1 aromatic heterocycles. The van der Waals surface area contributed by atoms with Crippen molar-refractivity contribution in [2.45, 2.75) is 26.4 Å². The SMILES string of the molecule is CCOC(=O)C(C)NC(=O)Cn1cccn1. The molecule has 1 atom stereocenters. The Balaban J connectivity index is 2.36. The molecule has 6 heteroatoms. The first-order chi connectivity index (χ1) is 7.63. The van der Waals surface area contributed by atoms with Crippen LogP contribution in [-0.4, -0.2) is 34.3 Å². The third-order valence-corrected chi connectivity index (χ3v) is 1.88. The summed E-state index contributed by atoms with van der Waals surface area (Å²) in [5.74, 6) is -0.708. The number of carbonyl (C=O) groups excluding carboxylic acids is 2. The molecule has 0 radical (unpaired) electrons. The number of carbonyl (C=O) groups is 2. The van der Waals surface area contributed by atoms with Gasteiger partial charge >= 0.3 is 5.97 Å². The molecule has 1 heterocycles. The van der Waals surface area contributed by atoms with Crippen molar-refractivity contribution >= 4 is 11.9 Å². The van der Waals surface area contributed by atoms with Crippen molar-refractivity contribution in [2.24, 2.45) is 0 Å². The number of rotatable bonds is 5. The molecular formula is C10H15N3O3. The van der Waals surface area contributed by atoms with Crippen LogP contribution in [0, 0.1) is 0 Å². The lowest BCUT2D eigenvalue weighted by molar-refractivity contribution is -0.146. The van der Waals surface area contributed by atoms with Crippen LogP contribution in [0.2, 0.25) is 0 Å². The zero-order valence-electron chi connectivity index (χ0n) is 9.34. The van der Waals surface area contributed by atoms with Gasteiger partial charge < -0.3 is 10.1 Å². The minimum atomic E-state index is -0.636. The summed E-state index contributed by atoms with van der Waals surface area (Å²) in [5, 5.41) is 6.41. The molecular weight excluding hydrogens is 210 g/mol. The van der Waals surface area contributed by atoms with Crippen molar-refractivity contribution in [3.05, 3.63) is 18.5 Å². The van der Waals surface area contributed by atoms with Crippen molar-refractivity contribution in [3.8, 4) is 0 Å². The molecule has 1 amide bonds. The van der Waals surface area contributed by atoms with Crippen molar-refractivity contribution in [3.63, 3.8) is 0 Å². The number of ether oxygens (including phenoxy) is 1. The summed E-state index contributed by atoms with van der Waals surface area (Å²) >= 11 is 0. The van der Waals surface area contributed by atoms with Gasteiger partial charge in [-0.25, -0.2) is 4.79 Å². The first-order valence-corrected chi connectivity index (χ1v) is 5.07. The smallest absolute Gasteiger partial charge is 0.328 e. The molecule has 0 aliphatic rings. The number of hydrogen-bond acceptors (Lipinski definition) is 4. The Bertz CT molecular complexity index is 348. The van der Waals surface area contributed by atoms with Gasteiger partial charge in [0.25, 0.3) is 0 Å². The Morgan fingerprint density at radius 1 is 1.56 bits per heavy atom.